The molecule has 37 heavy (non-hydrogen) atoms. The van der Waals surface area contributed by atoms with E-state index in [1.807, 2.05) is 68.4 Å². The van der Waals surface area contributed by atoms with Gasteiger partial charge < -0.3 is 5.11 Å². The van der Waals surface area contributed by atoms with E-state index in [1.54, 1.807) is 30.3 Å². The van der Waals surface area contributed by atoms with Crippen LogP contribution in [0.2, 0.25) is 0 Å². The van der Waals surface area contributed by atoms with E-state index in [2.05, 4.69) is 29.2 Å². The number of sulfonamides is 1. The number of aliphatic hydroxyl groups excluding tert-OH is 1. The molecule has 0 saturated heterocycles. The maximum absolute atomic E-state index is 13.8. The average Bonchev–Trinajstić information content (AvgIpc) is 2.88. The molecular weight excluding hydrogens is 480 g/mol. The minimum atomic E-state index is -3.88. The number of hydrogen-bond donors (Lipinski definition) is 1. The van der Waals surface area contributed by atoms with Gasteiger partial charge in [-0.15, -0.1) is 0 Å². The average molecular weight is 515 g/mol. The van der Waals surface area contributed by atoms with Crippen molar-refractivity contribution in [3.05, 3.63) is 131 Å². The van der Waals surface area contributed by atoms with E-state index in [1.165, 1.54) is 4.31 Å². The van der Waals surface area contributed by atoms with Crippen molar-refractivity contribution in [2.75, 3.05) is 17.4 Å². The highest BCUT2D eigenvalue weighted by molar-refractivity contribution is 7.92. The summed E-state index contributed by atoms with van der Waals surface area (Å²) in [7, 11) is -3.88. The summed E-state index contributed by atoms with van der Waals surface area (Å²) in [5, 5.41) is 11.3. The molecule has 1 unspecified atom stereocenters. The molecule has 0 aliphatic rings. The van der Waals surface area contributed by atoms with Crippen LogP contribution >= 0.6 is 0 Å². The van der Waals surface area contributed by atoms with Crippen LogP contribution in [-0.4, -0.2) is 37.6 Å². The zero-order valence-corrected chi connectivity index (χ0v) is 22.2. The van der Waals surface area contributed by atoms with Gasteiger partial charge in [0.15, 0.2) is 0 Å². The summed E-state index contributed by atoms with van der Waals surface area (Å²) < 4.78 is 28.9. The lowest BCUT2D eigenvalue weighted by atomic mass is 10.1. The smallest absolute Gasteiger partial charge is 0.264 e. The highest BCUT2D eigenvalue weighted by Gasteiger charge is 2.28. The number of aryl methyl sites for hydroxylation is 2. The van der Waals surface area contributed by atoms with E-state index in [-0.39, 0.29) is 11.4 Å². The minimum absolute atomic E-state index is 0.0558. The lowest BCUT2D eigenvalue weighted by Crippen LogP contribution is -2.42. The Kier molecular flexibility index (Phi) is 8.77. The van der Waals surface area contributed by atoms with Gasteiger partial charge in [0.1, 0.15) is 0 Å². The number of hydrogen-bond acceptors (Lipinski definition) is 4. The second kappa shape index (κ2) is 12.2. The number of rotatable bonds is 11. The Labute approximate surface area is 220 Å². The maximum Gasteiger partial charge on any atom is 0.264 e. The first kappa shape index (κ1) is 26.6. The molecule has 0 aliphatic carbocycles. The van der Waals surface area contributed by atoms with Gasteiger partial charge >= 0.3 is 0 Å². The van der Waals surface area contributed by atoms with Crippen molar-refractivity contribution in [3.63, 3.8) is 0 Å². The molecule has 0 heterocycles. The number of nitrogens with zero attached hydrogens (tertiary/aromatic N) is 2. The molecule has 6 heteroatoms. The molecule has 0 aromatic heterocycles. The van der Waals surface area contributed by atoms with Gasteiger partial charge in [0.25, 0.3) is 10.0 Å². The molecule has 4 aromatic rings. The first-order valence-corrected chi connectivity index (χ1v) is 13.9. The predicted molar refractivity (Wildman–Crippen MR) is 150 cm³/mol. The lowest BCUT2D eigenvalue weighted by molar-refractivity contribution is 0.111. The van der Waals surface area contributed by atoms with Crippen LogP contribution < -0.4 is 4.31 Å². The Hall–Kier alpha value is -3.45. The van der Waals surface area contributed by atoms with E-state index in [9.17, 15) is 13.5 Å². The molecule has 0 aliphatic heterocycles. The molecule has 1 atom stereocenters. The third kappa shape index (κ3) is 7.29. The zero-order valence-electron chi connectivity index (χ0n) is 21.4. The van der Waals surface area contributed by atoms with Crippen LogP contribution in [0.5, 0.6) is 0 Å². The Morgan fingerprint density at radius 3 is 1.78 bits per heavy atom. The Bertz CT molecular complexity index is 1330. The highest BCUT2D eigenvalue weighted by atomic mass is 32.2. The maximum atomic E-state index is 13.8. The normalized spacial score (nSPS) is 12.4. The fourth-order valence-corrected chi connectivity index (χ4v) is 5.87. The Morgan fingerprint density at radius 2 is 1.24 bits per heavy atom. The van der Waals surface area contributed by atoms with E-state index >= 15 is 0 Å². The highest BCUT2D eigenvalue weighted by Crippen LogP contribution is 2.25. The Balaban J connectivity index is 1.60. The van der Waals surface area contributed by atoms with Crippen LogP contribution in [0.4, 0.5) is 5.69 Å². The molecule has 0 amide bonds. The molecule has 0 fully saturated rings. The van der Waals surface area contributed by atoms with Gasteiger partial charge in [0, 0.05) is 19.6 Å². The van der Waals surface area contributed by atoms with Crippen LogP contribution in [-0.2, 0) is 23.1 Å². The lowest BCUT2D eigenvalue weighted by Gasteiger charge is -2.30. The third-order valence-electron chi connectivity index (χ3n) is 6.24. The standard InChI is InChI=1S/C31H34N2O3S/c1-25-16-18-31(19-17-25)37(35,36)33(29-15-9-10-26(2)20-29)24-30(34)23-32(21-27-11-5-3-6-12-27)22-28-13-7-4-8-14-28/h3-20,30,34H,21-24H2,1-2H3. The van der Waals surface area contributed by atoms with E-state index in [0.29, 0.717) is 25.3 Å². The number of anilines is 1. The topological polar surface area (TPSA) is 60.9 Å². The van der Waals surface area contributed by atoms with Crippen LogP contribution in [0.25, 0.3) is 0 Å². The third-order valence-corrected chi connectivity index (χ3v) is 8.05. The van der Waals surface area contributed by atoms with Crippen LogP contribution in [0.1, 0.15) is 22.3 Å². The summed E-state index contributed by atoms with van der Waals surface area (Å²) in [5.74, 6) is 0. The van der Waals surface area contributed by atoms with Crippen LogP contribution in [0.15, 0.2) is 114 Å². The summed E-state index contributed by atoms with van der Waals surface area (Å²) in [6, 6.07) is 34.4. The molecule has 4 aromatic carbocycles. The zero-order chi connectivity index (χ0) is 26.3. The fourth-order valence-electron chi connectivity index (χ4n) is 4.38. The van der Waals surface area contributed by atoms with Crippen molar-refractivity contribution in [2.45, 2.75) is 37.9 Å². The van der Waals surface area contributed by atoms with Crippen molar-refractivity contribution >= 4 is 15.7 Å². The van der Waals surface area contributed by atoms with Gasteiger partial charge in [0.05, 0.1) is 23.2 Å². The molecule has 0 bridgehead atoms. The van der Waals surface area contributed by atoms with Crippen molar-refractivity contribution in [1.82, 2.24) is 4.90 Å². The quantitative estimate of drug-likeness (QED) is 0.285. The first-order chi connectivity index (χ1) is 17.8. The number of aliphatic hydroxyl groups is 1. The van der Waals surface area contributed by atoms with Gasteiger partial charge in [-0.1, -0.05) is 90.5 Å². The summed E-state index contributed by atoms with van der Waals surface area (Å²) in [5.41, 5.74) is 4.74. The summed E-state index contributed by atoms with van der Waals surface area (Å²) in [6.45, 7) is 5.39. The summed E-state index contributed by atoms with van der Waals surface area (Å²) in [6.07, 6.45) is -0.909. The largest absolute Gasteiger partial charge is 0.390 e. The van der Waals surface area contributed by atoms with Crippen LogP contribution in [0.3, 0.4) is 0 Å². The van der Waals surface area contributed by atoms with Gasteiger partial charge in [-0.25, -0.2) is 8.42 Å². The van der Waals surface area contributed by atoms with E-state index < -0.39 is 16.1 Å². The van der Waals surface area contributed by atoms with E-state index in [4.69, 9.17) is 0 Å². The first-order valence-electron chi connectivity index (χ1n) is 12.5. The molecular formula is C31H34N2O3S. The fraction of sp³-hybridized carbons (Fsp3) is 0.226. The summed E-state index contributed by atoms with van der Waals surface area (Å²) >= 11 is 0. The predicted octanol–water partition coefficient (Wildman–Crippen LogP) is 5.56. The second-order valence-corrected chi connectivity index (χ2v) is 11.3. The van der Waals surface area contributed by atoms with Gasteiger partial charge in [-0.05, 0) is 54.8 Å². The SMILES string of the molecule is Cc1ccc(S(=O)(=O)N(CC(O)CN(Cc2ccccc2)Cc2ccccc2)c2cccc(C)c2)cc1. The van der Waals surface area contributed by atoms with Crippen molar-refractivity contribution in [3.8, 4) is 0 Å². The minimum Gasteiger partial charge on any atom is -0.390 e. The molecule has 4 rings (SSSR count). The van der Waals surface area contributed by atoms with Gasteiger partial charge in [-0.3, -0.25) is 9.21 Å². The van der Waals surface area contributed by atoms with Gasteiger partial charge in [-0.2, -0.15) is 0 Å². The van der Waals surface area contributed by atoms with Crippen molar-refractivity contribution < 1.29 is 13.5 Å². The number of benzene rings is 4. The van der Waals surface area contributed by atoms with Gasteiger partial charge in [0.2, 0.25) is 0 Å². The monoisotopic (exact) mass is 514 g/mol. The van der Waals surface area contributed by atoms with Crippen LogP contribution in [0, 0.1) is 13.8 Å². The molecule has 0 saturated carbocycles. The molecule has 0 spiro atoms. The van der Waals surface area contributed by atoms with E-state index in [0.717, 1.165) is 22.3 Å². The molecule has 192 valence electrons. The van der Waals surface area contributed by atoms with Crippen molar-refractivity contribution in [1.29, 1.82) is 0 Å². The van der Waals surface area contributed by atoms with Crippen molar-refractivity contribution in [2.24, 2.45) is 0 Å². The molecule has 5 nitrogen and oxygen atoms in total. The summed E-state index contributed by atoms with van der Waals surface area (Å²) in [4.78, 5) is 2.36. The second-order valence-electron chi connectivity index (χ2n) is 9.48. The molecule has 1 N–H and O–H groups in total. The Morgan fingerprint density at radius 1 is 0.676 bits per heavy atom. The molecule has 0 radical (unpaired) electrons.